The van der Waals surface area contributed by atoms with Crippen molar-refractivity contribution in [2.24, 2.45) is 10.6 Å². The Morgan fingerprint density at radius 3 is 2.87 bits per heavy atom. The number of fused-ring (bicyclic) bond motifs is 1. The molecule has 2 heterocycles. The van der Waals surface area contributed by atoms with Crippen molar-refractivity contribution in [3.05, 3.63) is 52.7 Å². The molecule has 0 fully saturated rings. The van der Waals surface area contributed by atoms with Crippen LogP contribution in [0.5, 0.6) is 0 Å². The van der Waals surface area contributed by atoms with Gasteiger partial charge in [0.25, 0.3) is 0 Å². The molecule has 1 amide bonds. The number of benzene rings is 1. The van der Waals surface area contributed by atoms with Gasteiger partial charge < -0.3 is 10.2 Å². The molecular weight excluding hydrogens is 452 g/mol. The van der Waals surface area contributed by atoms with E-state index in [-0.39, 0.29) is 11.4 Å². The number of amides is 1. The molecule has 162 valence electrons. The first-order valence-corrected chi connectivity index (χ1v) is 12.2. The van der Waals surface area contributed by atoms with Crippen LogP contribution in [0.2, 0.25) is 5.02 Å². The Hall–Kier alpha value is -2.29. The third-order valence-electron chi connectivity index (χ3n) is 5.06. The first kappa shape index (κ1) is 21.9. The van der Waals surface area contributed by atoms with Crippen LogP contribution in [0.25, 0.3) is 10.6 Å². The number of oxime groups is 1. The average Bonchev–Trinajstić information content (AvgIpc) is 3.32. The minimum Gasteiger partial charge on any atom is -0.399 e. The predicted molar refractivity (Wildman–Crippen MR) is 129 cm³/mol. The number of hydrogen-bond acceptors (Lipinski definition) is 6. The number of thiophene rings is 1. The van der Waals surface area contributed by atoms with E-state index in [0.29, 0.717) is 10.7 Å². The van der Waals surface area contributed by atoms with E-state index >= 15 is 0 Å². The summed E-state index contributed by atoms with van der Waals surface area (Å²) >= 11 is 9.40. The lowest BCUT2D eigenvalue weighted by atomic mass is 9.74. The molecular formula is C22H23ClN4O2S2. The first-order chi connectivity index (χ1) is 14.8. The number of halogens is 1. The van der Waals surface area contributed by atoms with E-state index in [4.69, 9.17) is 16.4 Å². The van der Waals surface area contributed by atoms with Crippen molar-refractivity contribution in [3.63, 3.8) is 0 Å². The number of thioether (sulfide) groups is 1. The molecule has 9 heteroatoms. The van der Waals surface area contributed by atoms with Crippen molar-refractivity contribution in [1.29, 1.82) is 0 Å². The summed E-state index contributed by atoms with van der Waals surface area (Å²) in [6.07, 6.45) is 5.52. The molecule has 1 N–H and O–H groups in total. The lowest BCUT2D eigenvalue weighted by molar-refractivity contribution is 0.210. The average molecular weight is 475 g/mol. The van der Waals surface area contributed by atoms with Gasteiger partial charge in [0.2, 0.25) is 0 Å². The SMILES string of the molecule is CO/N=C1/CC(C)(C)Cc2c(-c3ccn(C(=O)Nc4cccc(Cl)c4)n3)sc(SC)c21. The quantitative estimate of drug-likeness (QED) is 0.351. The highest BCUT2D eigenvalue weighted by molar-refractivity contribution is 8.00. The van der Waals surface area contributed by atoms with Gasteiger partial charge in [-0.1, -0.05) is 36.7 Å². The fraction of sp³-hybridized carbons (Fsp3) is 0.318. The fourth-order valence-electron chi connectivity index (χ4n) is 3.83. The van der Waals surface area contributed by atoms with Gasteiger partial charge in [-0.2, -0.15) is 9.78 Å². The molecule has 3 aromatic rings. The van der Waals surface area contributed by atoms with E-state index in [9.17, 15) is 4.79 Å². The lowest BCUT2D eigenvalue weighted by Crippen LogP contribution is -2.27. The van der Waals surface area contributed by atoms with Crippen LogP contribution in [0, 0.1) is 5.41 Å². The molecule has 0 unspecified atom stereocenters. The van der Waals surface area contributed by atoms with Crippen LogP contribution in [0.15, 0.2) is 45.9 Å². The molecule has 31 heavy (non-hydrogen) atoms. The largest absolute Gasteiger partial charge is 0.399 e. The molecule has 0 spiro atoms. The van der Waals surface area contributed by atoms with E-state index in [1.807, 2.05) is 6.07 Å². The number of hydrogen-bond donors (Lipinski definition) is 1. The minimum atomic E-state index is -0.342. The van der Waals surface area contributed by atoms with Gasteiger partial charge in [-0.15, -0.1) is 23.1 Å². The third-order valence-corrected chi connectivity index (χ3v) is 7.67. The summed E-state index contributed by atoms with van der Waals surface area (Å²) in [6, 6.07) is 8.56. The van der Waals surface area contributed by atoms with Gasteiger partial charge in [0.15, 0.2) is 0 Å². The van der Waals surface area contributed by atoms with Crippen molar-refractivity contribution in [2.45, 2.75) is 30.9 Å². The normalized spacial score (nSPS) is 16.2. The summed E-state index contributed by atoms with van der Waals surface area (Å²) in [7, 11) is 1.58. The van der Waals surface area contributed by atoms with Gasteiger partial charge in [0, 0.05) is 22.5 Å². The third kappa shape index (κ3) is 4.51. The zero-order chi connectivity index (χ0) is 22.2. The molecule has 1 aliphatic rings. The second-order valence-electron chi connectivity index (χ2n) is 8.10. The number of carbonyl (C=O) groups is 1. The number of nitrogens with one attached hydrogen (secondary N) is 1. The number of carbonyl (C=O) groups excluding carboxylic acids is 1. The van der Waals surface area contributed by atoms with Gasteiger partial charge >= 0.3 is 6.03 Å². The molecule has 0 aliphatic heterocycles. The summed E-state index contributed by atoms with van der Waals surface area (Å²) in [5, 5.41) is 12.3. The van der Waals surface area contributed by atoms with E-state index in [0.717, 1.165) is 34.7 Å². The van der Waals surface area contributed by atoms with E-state index in [2.05, 4.69) is 35.7 Å². The number of anilines is 1. The number of aromatic nitrogens is 2. The topological polar surface area (TPSA) is 68.5 Å². The summed E-state index contributed by atoms with van der Waals surface area (Å²) < 4.78 is 2.51. The molecule has 6 nitrogen and oxygen atoms in total. The van der Waals surface area contributed by atoms with Gasteiger partial charge in [-0.05, 0) is 54.3 Å². The van der Waals surface area contributed by atoms with Gasteiger partial charge in [-0.3, -0.25) is 0 Å². The number of rotatable bonds is 4. The monoisotopic (exact) mass is 474 g/mol. The fourth-order valence-corrected chi connectivity index (χ4v) is 6.09. The van der Waals surface area contributed by atoms with Crippen molar-refractivity contribution in [3.8, 4) is 10.6 Å². The molecule has 0 saturated heterocycles. The Morgan fingerprint density at radius 2 is 2.16 bits per heavy atom. The Balaban J connectivity index is 1.69. The molecule has 0 atom stereocenters. The standard InChI is InChI=1S/C22H23ClN4O2S2/c1-22(2)11-15-18(17(12-22)26-29-3)20(30-4)31-19(15)16-8-9-27(25-16)21(28)24-14-7-5-6-13(23)10-14/h5-10H,11-12H2,1-4H3,(H,24,28)/b26-17-. The maximum atomic E-state index is 12.7. The Bertz CT molecular complexity index is 1170. The molecule has 2 aromatic heterocycles. The smallest absolute Gasteiger partial charge is 0.346 e. The number of nitrogens with zero attached hydrogens (tertiary/aromatic N) is 3. The summed E-state index contributed by atoms with van der Waals surface area (Å²) in [4.78, 5) is 18.9. The lowest BCUT2D eigenvalue weighted by Gasteiger charge is -2.31. The Kier molecular flexibility index (Phi) is 6.14. The van der Waals surface area contributed by atoms with Crippen molar-refractivity contribution in [1.82, 2.24) is 9.78 Å². The zero-order valence-electron chi connectivity index (χ0n) is 17.7. The Morgan fingerprint density at radius 1 is 1.35 bits per heavy atom. The highest BCUT2D eigenvalue weighted by atomic mass is 35.5. The van der Waals surface area contributed by atoms with Crippen molar-refractivity contribution >= 4 is 52.1 Å². The van der Waals surface area contributed by atoms with Crippen LogP contribution in [0.1, 0.15) is 31.4 Å². The van der Waals surface area contributed by atoms with Gasteiger partial charge in [-0.25, -0.2) is 4.79 Å². The van der Waals surface area contributed by atoms with E-state index < -0.39 is 0 Å². The molecule has 1 aromatic carbocycles. The van der Waals surface area contributed by atoms with Crippen LogP contribution < -0.4 is 5.32 Å². The van der Waals surface area contributed by atoms with Crippen molar-refractivity contribution < 1.29 is 9.63 Å². The second-order valence-corrected chi connectivity index (χ2v) is 10.6. The van der Waals surface area contributed by atoms with Crippen LogP contribution in [-0.2, 0) is 11.3 Å². The maximum absolute atomic E-state index is 12.7. The predicted octanol–water partition coefficient (Wildman–Crippen LogP) is 6.39. The minimum absolute atomic E-state index is 0.0579. The first-order valence-electron chi connectivity index (χ1n) is 9.74. The van der Waals surface area contributed by atoms with E-state index in [1.54, 1.807) is 60.7 Å². The van der Waals surface area contributed by atoms with Gasteiger partial charge in [0.05, 0.1) is 14.8 Å². The molecule has 0 bridgehead atoms. The summed E-state index contributed by atoms with van der Waals surface area (Å²) in [5.41, 5.74) is 4.81. The van der Waals surface area contributed by atoms with Gasteiger partial charge in [0.1, 0.15) is 12.8 Å². The molecule has 1 aliphatic carbocycles. The van der Waals surface area contributed by atoms with Crippen LogP contribution >= 0.6 is 34.7 Å². The second kappa shape index (κ2) is 8.68. The maximum Gasteiger partial charge on any atom is 0.346 e. The van der Waals surface area contributed by atoms with Crippen molar-refractivity contribution in [2.75, 3.05) is 18.7 Å². The zero-order valence-corrected chi connectivity index (χ0v) is 20.1. The summed E-state index contributed by atoms with van der Waals surface area (Å²) in [6.45, 7) is 4.47. The molecule has 0 radical (unpaired) electrons. The molecule has 0 saturated carbocycles. The highest BCUT2D eigenvalue weighted by Gasteiger charge is 2.36. The van der Waals surface area contributed by atoms with Crippen LogP contribution in [-0.4, -0.2) is 34.9 Å². The van der Waals surface area contributed by atoms with Crippen LogP contribution in [0.3, 0.4) is 0 Å². The highest BCUT2D eigenvalue weighted by Crippen LogP contribution is 2.48. The van der Waals surface area contributed by atoms with Crippen LogP contribution in [0.4, 0.5) is 10.5 Å². The molecule has 4 rings (SSSR count). The Labute approximate surface area is 194 Å². The summed E-state index contributed by atoms with van der Waals surface area (Å²) in [5.74, 6) is 0. The van der Waals surface area contributed by atoms with E-state index in [1.165, 1.54) is 14.5 Å².